The molecule has 0 amide bonds. The van der Waals surface area contributed by atoms with Crippen molar-refractivity contribution < 1.29 is 0 Å². The van der Waals surface area contributed by atoms with Gasteiger partial charge in [0.2, 0.25) is 0 Å². The minimum absolute atomic E-state index is 0.552. The molecule has 1 nitrogen and oxygen atoms in total. The Morgan fingerprint density at radius 2 is 2.45 bits per heavy atom. The maximum absolute atomic E-state index is 5.71. The molecule has 0 N–H and O–H groups in total. The van der Waals surface area contributed by atoms with Gasteiger partial charge in [-0.3, -0.25) is 0 Å². The second kappa shape index (κ2) is 4.62. The molecule has 0 unspecified atom stereocenters. The highest BCUT2D eigenvalue weighted by Crippen LogP contribution is 2.20. The van der Waals surface area contributed by atoms with Gasteiger partial charge < -0.3 is 0 Å². The Kier molecular flexibility index (Phi) is 3.73. The van der Waals surface area contributed by atoms with Crippen LogP contribution in [0, 0.1) is 0 Å². The van der Waals surface area contributed by atoms with Gasteiger partial charge in [-0.05, 0) is 17.4 Å². The summed E-state index contributed by atoms with van der Waals surface area (Å²) in [5, 5.41) is 1.06. The van der Waals surface area contributed by atoms with E-state index < -0.39 is 0 Å². The second-order valence-electron chi connectivity index (χ2n) is 2.03. The zero-order chi connectivity index (χ0) is 8.10. The van der Waals surface area contributed by atoms with Crippen LogP contribution in [0.25, 0.3) is 0 Å². The Bertz CT molecular complexity index is 227. The number of alkyl halides is 1. The van der Waals surface area contributed by atoms with E-state index >= 15 is 0 Å². The highest BCUT2D eigenvalue weighted by molar-refractivity contribution is 7.99. The fourth-order valence-electron chi connectivity index (χ4n) is 0.793. The van der Waals surface area contributed by atoms with Crippen molar-refractivity contribution in [2.75, 3.05) is 5.75 Å². The van der Waals surface area contributed by atoms with Crippen molar-refractivity contribution in [3.05, 3.63) is 23.9 Å². The molecule has 1 heterocycles. The summed E-state index contributed by atoms with van der Waals surface area (Å²) in [5.41, 5.74) is 1.13. The number of nitrogens with zero attached hydrogens (tertiary/aromatic N) is 1. The molecule has 60 valence electrons. The minimum atomic E-state index is 0.552. The fraction of sp³-hybridized carbons (Fsp3) is 0.375. The Hall–Kier alpha value is -0.210. The maximum atomic E-state index is 5.71. The van der Waals surface area contributed by atoms with Crippen molar-refractivity contribution in [2.45, 2.75) is 17.8 Å². The first kappa shape index (κ1) is 8.88. The molecule has 0 spiro atoms. The van der Waals surface area contributed by atoms with Crippen LogP contribution in [0.4, 0.5) is 0 Å². The molecule has 0 atom stereocenters. The van der Waals surface area contributed by atoms with Crippen molar-refractivity contribution in [3.63, 3.8) is 0 Å². The van der Waals surface area contributed by atoms with Crippen LogP contribution in [0.5, 0.6) is 0 Å². The van der Waals surface area contributed by atoms with Crippen LogP contribution >= 0.6 is 23.4 Å². The molecule has 11 heavy (non-hydrogen) atoms. The van der Waals surface area contributed by atoms with Gasteiger partial charge in [-0.2, -0.15) is 0 Å². The van der Waals surface area contributed by atoms with E-state index in [1.807, 2.05) is 12.1 Å². The third kappa shape index (κ3) is 2.38. The van der Waals surface area contributed by atoms with Gasteiger partial charge in [0, 0.05) is 6.20 Å². The van der Waals surface area contributed by atoms with Crippen LogP contribution in [-0.4, -0.2) is 10.7 Å². The van der Waals surface area contributed by atoms with Crippen LogP contribution < -0.4 is 0 Å². The Morgan fingerprint density at radius 1 is 1.64 bits per heavy atom. The highest BCUT2D eigenvalue weighted by Gasteiger charge is 1.99. The van der Waals surface area contributed by atoms with E-state index in [2.05, 4.69) is 11.9 Å². The quantitative estimate of drug-likeness (QED) is 0.533. The third-order valence-corrected chi connectivity index (χ3v) is 2.49. The van der Waals surface area contributed by atoms with Crippen molar-refractivity contribution in [3.8, 4) is 0 Å². The van der Waals surface area contributed by atoms with Crippen molar-refractivity contribution >= 4 is 23.4 Å². The van der Waals surface area contributed by atoms with Gasteiger partial charge in [0.1, 0.15) is 5.03 Å². The van der Waals surface area contributed by atoms with E-state index in [1.54, 1.807) is 18.0 Å². The molecular formula is C8H10ClNS. The first-order valence-electron chi connectivity index (χ1n) is 3.51. The molecule has 0 aliphatic heterocycles. The normalized spacial score (nSPS) is 10.0. The first-order valence-corrected chi connectivity index (χ1v) is 5.03. The molecule has 1 aromatic rings. The van der Waals surface area contributed by atoms with Gasteiger partial charge in [-0.25, -0.2) is 4.98 Å². The van der Waals surface area contributed by atoms with E-state index in [-0.39, 0.29) is 0 Å². The molecule has 0 aromatic carbocycles. The fourth-order valence-corrected chi connectivity index (χ4v) is 1.82. The molecule has 0 radical (unpaired) electrons. The Labute approximate surface area is 76.2 Å². The molecule has 0 aliphatic rings. The molecule has 0 bridgehead atoms. The number of halogens is 1. The molecule has 0 aliphatic carbocycles. The number of thioether (sulfide) groups is 1. The predicted molar refractivity (Wildman–Crippen MR) is 50.2 cm³/mol. The van der Waals surface area contributed by atoms with Gasteiger partial charge in [0.25, 0.3) is 0 Å². The van der Waals surface area contributed by atoms with Crippen molar-refractivity contribution in [2.24, 2.45) is 0 Å². The lowest BCUT2D eigenvalue weighted by Gasteiger charge is -2.01. The van der Waals surface area contributed by atoms with Crippen molar-refractivity contribution in [1.29, 1.82) is 0 Å². The number of rotatable bonds is 3. The van der Waals surface area contributed by atoms with E-state index in [0.717, 1.165) is 16.3 Å². The summed E-state index contributed by atoms with van der Waals surface area (Å²) in [7, 11) is 0. The topological polar surface area (TPSA) is 12.9 Å². The number of hydrogen-bond donors (Lipinski definition) is 0. The Morgan fingerprint density at radius 3 is 3.09 bits per heavy atom. The number of pyridine rings is 1. The number of hydrogen-bond acceptors (Lipinski definition) is 2. The lowest BCUT2D eigenvalue weighted by Crippen LogP contribution is -1.86. The summed E-state index contributed by atoms with van der Waals surface area (Å²) in [6.07, 6.45) is 1.80. The summed E-state index contributed by atoms with van der Waals surface area (Å²) in [4.78, 5) is 4.22. The monoisotopic (exact) mass is 187 g/mol. The van der Waals surface area contributed by atoms with E-state index in [0.29, 0.717) is 5.88 Å². The lowest BCUT2D eigenvalue weighted by molar-refractivity contribution is 1.07. The molecule has 1 aromatic heterocycles. The van der Waals surface area contributed by atoms with E-state index in [1.165, 1.54) is 0 Å². The first-order chi connectivity index (χ1) is 5.38. The zero-order valence-corrected chi connectivity index (χ0v) is 7.95. The highest BCUT2D eigenvalue weighted by atomic mass is 35.5. The smallest absolute Gasteiger partial charge is 0.100 e. The lowest BCUT2D eigenvalue weighted by atomic mass is 10.3. The van der Waals surface area contributed by atoms with Crippen LogP contribution in [0.1, 0.15) is 12.5 Å². The average molecular weight is 188 g/mol. The summed E-state index contributed by atoms with van der Waals surface area (Å²) in [6, 6.07) is 3.93. The molecule has 0 fully saturated rings. The molecule has 0 saturated carbocycles. The number of aromatic nitrogens is 1. The Balaban J connectivity index is 2.83. The summed E-state index contributed by atoms with van der Waals surface area (Å²) >= 11 is 7.45. The van der Waals surface area contributed by atoms with E-state index in [4.69, 9.17) is 11.6 Å². The molecule has 3 heteroatoms. The third-order valence-electron chi connectivity index (χ3n) is 1.27. The van der Waals surface area contributed by atoms with Crippen molar-refractivity contribution in [1.82, 2.24) is 4.98 Å². The summed E-state index contributed by atoms with van der Waals surface area (Å²) in [6.45, 7) is 2.11. The van der Waals surface area contributed by atoms with Crippen LogP contribution in [0.2, 0.25) is 0 Å². The predicted octanol–water partition coefficient (Wildman–Crippen LogP) is 2.93. The molecular weight excluding hydrogens is 178 g/mol. The summed E-state index contributed by atoms with van der Waals surface area (Å²) < 4.78 is 0. The maximum Gasteiger partial charge on any atom is 0.100 e. The van der Waals surface area contributed by atoms with Crippen LogP contribution in [-0.2, 0) is 5.88 Å². The average Bonchev–Trinajstić information content (AvgIpc) is 2.06. The standard InChI is InChI=1S/C8H10ClNS/c1-2-11-8-7(6-9)4-3-5-10-8/h3-5H,2,6H2,1H3. The van der Waals surface area contributed by atoms with Crippen LogP contribution in [0.3, 0.4) is 0 Å². The second-order valence-corrected chi connectivity index (χ2v) is 3.55. The van der Waals surface area contributed by atoms with Gasteiger partial charge >= 0.3 is 0 Å². The largest absolute Gasteiger partial charge is 0.250 e. The zero-order valence-electron chi connectivity index (χ0n) is 6.38. The van der Waals surface area contributed by atoms with Gasteiger partial charge in [0.15, 0.2) is 0 Å². The van der Waals surface area contributed by atoms with Crippen LogP contribution in [0.15, 0.2) is 23.4 Å². The van der Waals surface area contributed by atoms with Gasteiger partial charge in [-0.15, -0.1) is 23.4 Å². The SMILES string of the molecule is CCSc1ncccc1CCl. The van der Waals surface area contributed by atoms with E-state index in [9.17, 15) is 0 Å². The molecule has 0 saturated heterocycles. The van der Waals surface area contributed by atoms with Gasteiger partial charge in [-0.1, -0.05) is 13.0 Å². The minimum Gasteiger partial charge on any atom is -0.250 e. The van der Waals surface area contributed by atoms with Gasteiger partial charge in [0.05, 0.1) is 5.88 Å². The molecule has 1 rings (SSSR count). The summed E-state index contributed by atoms with van der Waals surface area (Å²) in [5.74, 6) is 1.59.